The van der Waals surface area contributed by atoms with E-state index < -0.39 is 0 Å². The molecule has 1 heterocycles. The molecule has 0 aromatic carbocycles. The topological polar surface area (TPSA) is 67.1 Å². The number of nitrogens with two attached hydrogens (primary N) is 1. The van der Waals surface area contributed by atoms with E-state index in [0.717, 1.165) is 43.0 Å². The Morgan fingerprint density at radius 1 is 1.28 bits per heavy atom. The lowest BCUT2D eigenvalue weighted by atomic mass is 10.1. The maximum Gasteiger partial charge on any atom is 0.148 e. The first-order valence-corrected chi connectivity index (χ1v) is 6.72. The third-order valence-electron chi connectivity index (χ3n) is 2.92. The number of nitrogens with zero attached hydrogens (tertiary/aromatic N) is 3. The van der Waals surface area contributed by atoms with Gasteiger partial charge in [0.1, 0.15) is 18.0 Å². The lowest BCUT2D eigenvalue weighted by molar-refractivity contribution is 0.655. The number of hydrazine groups is 1. The van der Waals surface area contributed by atoms with E-state index in [1.165, 1.54) is 0 Å². The Labute approximate surface area is 110 Å². The van der Waals surface area contributed by atoms with Gasteiger partial charge in [0.15, 0.2) is 0 Å². The molecule has 0 saturated carbocycles. The van der Waals surface area contributed by atoms with Crippen LogP contribution in [0.4, 0.5) is 11.6 Å². The fourth-order valence-electron chi connectivity index (χ4n) is 2.10. The Morgan fingerprint density at radius 2 is 2.00 bits per heavy atom. The summed E-state index contributed by atoms with van der Waals surface area (Å²) in [4.78, 5) is 11.0. The summed E-state index contributed by atoms with van der Waals surface area (Å²) in [6.07, 6.45) is 4.66. The van der Waals surface area contributed by atoms with Gasteiger partial charge in [0.25, 0.3) is 0 Å². The molecule has 1 aromatic heterocycles. The number of aromatic nitrogens is 2. The number of hydrogen-bond donors (Lipinski definition) is 2. The summed E-state index contributed by atoms with van der Waals surface area (Å²) < 4.78 is 0. The molecule has 0 atom stereocenters. The van der Waals surface area contributed by atoms with Crippen LogP contribution in [-0.2, 0) is 6.42 Å². The molecule has 0 aliphatic rings. The number of anilines is 2. The van der Waals surface area contributed by atoms with Crippen LogP contribution in [0.3, 0.4) is 0 Å². The fourth-order valence-corrected chi connectivity index (χ4v) is 2.10. The third kappa shape index (κ3) is 3.32. The summed E-state index contributed by atoms with van der Waals surface area (Å²) in [7, 11) is 0. The Kier molecular flexibility index (Phi) is 5.85. The number of rotatable bonds is 7. The van der Waals surface area contributed by atoms with Gasteiger partial charge in [0, 0.05) is 18.2 Å². The van der Waals surface area contributed by atoms with E-state index in [4.69, 9.17) is 5.84 Å². The lowest BCUT2D eigenvalue weighted by Gasteiger charge is -2.29. The standard InChI is InChI=1S/C13H25N5/c1-5-7-11-12(17-14)15-9-16-13(11)18(8-6-2)10(3)4/h9-10H,5-8,14H2,1-4H3,(H,15,16,17). The molecule has 1 aromatic rings. The minimum absolute atomic E-state index is 0.418. The van der Waals surface area contributed by atoms with Crippen LogP contribution in [0, 0.1) is 0 Å². The zero-order valence-corrected chi connectivity index (χ0v) is 11.9. The number of nitrogen functional groups attached to an aromatic ring is 1. The van der Waals surface area contributed by atoms with Crippen LogP contribution in [0.2, 0.25) is 0 Å². The second kappa shape index (κ2) is 7.16. The van der Waals surface area contributed by atoms with Gasteiger partial charge in [-0.25, -0.2) is 15.8 Å². The van der Waals surface area contributed by atoms with E-state index in [2.05, 4.69) is 48.0 Å². The molecule has 0 aliphatic carbocycles. The highest BCUT2D eigenvalue weighted by atomic mass is 15.3. The molecule has 0 amide bonds. The highest BCUT2D eigenvalue weighted by molar-refractivity contribution is 5.58. The van der Waals surface area contributed by atoms with Crippen molar-refractivity contribution in [3.63, 3.8) is 0 Å². The third-order valence-corrected chi connectivity index (χ3v) is 2.92. The number of hydrogen-bond acceptors (Lipinski definition) is 5. The summed E-state index contributed by atoms with van der Waals surface area (Å²) in [5.41, 5.74) is 3.79. The van der Waals surface area contributed by atoms with Gasteiger partial charge in [0.05, 0.1) is 0 Å². The molecular weight excluding hydrogens is 226 g/mol. The summed E-state index contributed by atoms with van der Waals surface area (Å²) in [6, 6.07) is 0.418. The minimum atomic E-state index is 0.418. The molecular formula is C13H25N5. The average Bonchev–Trinajstić information content (AvgIpc) is 2.36. The summed E-state index contributed by atoms with van der Waals surface area (Å²) in [5.74, 6) is 7.29. The van der Waals surface area contributed by atoms with Crippen molar-refractivity contribution in [2.75, 3.05) is 16.9 Å². The van der Waals surface area contributed by atoms with Crippen LogP contribution in [0.5, 0.6) is 0 Å². The molecule has 1 rings (SSSR count). The highest BCUT2D eigenvalue weighted by Crippen LogP contribution is 2.26. The van der Waals surface area contributed by atoms with Crippen molar-refractivity contribution >= 4 is 11.6 Å². The summed E-state index contributed by atoms with van der Waals surface area (Å²) in [5, 5.41) is 0. The van der Waals surface area contributed by atoms with Crippen molar-refractivity contribution in [1.29, 1.82) is 0 Å². The first kappa shape index (κ1) is 14.7. The summed E-state index contributed by atoms with van der Waals surface area (Å²) >= 11 is 0. The van der Waals surface area contributed by atoms with Crippen molar-refractivity contribution in [3.8, 4) is 0 Å². The Morgan fingerprint density at radius 3 is 2.50 bits per heavy atom. The van der Waals surface area contributed by atoms with E-state index in [1.54, 1.807) is 6.33 Å². The predicted molar refractivity (Wildman–Crippen MR) is 76.6 cm³/mol. The molecule has 0 unspecified atom stereocenters. The van der Waals surface area contributed by atoms with Crippen LogP contribution in [0.1, 0.15) is 46.1 Å². The molecule has 0 aliphatic heterocycles. The van der Waals surface area contributed by atoms with Crippen molar-refractivity contribution in [2.24, 2.45) is 5.84 Å². The minimum Gasteiger partial charge on any atom is -0.354 e. The molecule has 5 nitrogen and oxygen atoms in total. The SMILES string of the molecule is CCCc1c(NN)ncnc1N(CCC)C(C)C. The number of nitrogens with one attached hydrogen (secondary N) is 1. The summed E-state index contributed by atoms with van der Waals surface area (Å²) in [6.45, 7) is 9.69. The Balaban J connectivity index is 3.18. The maximum absolute atomic E-state index is 5.54. The van der Waals surface area contributed by atoms with Gasteiger partial charge in [-0.15, -0.1) is 0 Å². The second-order valence-corrected chi connectivity index (χ2v) is 4.71. The second-order valence-electron chi connectivity index (χ2n) is 4.71. The van der Waals surface area contributed by atoms with Crippen LogP contribution < -0.4 is 16.2 Å². The van der Waals surface area contributed by atoms with Gasteiger partial charge in [-0.1, -0.05) is 20.3 Å². The van der Waals surface area contributed by atoms with Crippen LogP contribution in [-0.4, -0.2) is 22.6 Å². The van der Waals surface area contributed by atoms with Crippen LogP contribution in [0.15, 0.2) is 6.33 Å². The largest absolute Gasteiger partial charge is 0.354 e. The molecule has 3 N–H and O–H groups in total. The van der Waals surface area contributed by atoms with Crippen molar-refractivity contribution in [2.45, 2.75) is 53.0 Å². The molecule has 0 spiro atoms. The predicted octanol–water partition coefficient (Wildman–Crippen LogP) is 2.34. The fraction of sp³-hybridized carbons (Fsp3) is 0.692. The van der Waals surface area contributed by atoms with Crippen LogP contribution >= 0.6 is 0 Å². The van der Waals surface area contributed by atoms with Crippen molar-refractivity contribution < 1.29 is 0 Å². The zero-order chi connectivity index (χ0) is 13.5. The van der Waals surface area contributed by atoms with E-state index in [0.29, 0.717) is 6.04 Å². The molecule has 0 radical (unpaired) electrons. The van der Waals surface area contributed by atoms with Gasteiger partial charge in [-0.3, -0.25) is 0 Å². The van der Waals surface area contributed by atoms with Crippen molar-refractivity contribution in [1.82, 2.24) is 9.97 Å². The lowest BCUT2D eigenvalue weighted by Crippen LogP contribution is -2.33. The molecule has 18 heavy (non-hydrogen) atoms. The molecule has 0 fully saturated rings. The normalized spacial score (nSPS) is 10.8. The average molecular weight is 251 g/mol. The van der Waals surface area contributed by atoms with E-state index in [-0.39, 0.29) is 0 Å². The molecule has 0 saturated heterocycles. The maximum atomic E-state index is 5.54. The first-order chi connectivity index (χ1) is 8.65. The van der Waals surface area contributed by atoms with Crippen molar-refractivity contribution in [3.05, 3.63) is 11.9 Å². The van der Waals surface area contributed by atoms with E-state index in [9.17, 15) is 0 Å². The molecule has 102 valence electrons. The molecule has 5 heteroatoms. The Hall–Kier alpha value is -1.36. The smallest absolute Gasteiger partial charge is 0.148 e. The Bertz CT molecular complexity index is 364. The molecule has 0 bridgehead atoms. The van der Waals surface area contributed by atoms with E-state index in [1.807, 2.05) is 0 Å². The first-order valence-electron chi connectivity index (χ1n) is 6.72. The van der Waals surface area contributed by atoms with Crippen LogP contribution in [0.25, 0.3) is 0 Å². The van der Waals surface area contributed by atoms with E-state index >= 15 is 0 Å². The van der Waals surface area contributed by atoms with Gasteiger partial charge in [-0.2, -0.15) is 0 Å². The van der Waals surface area contributed by atoms with Gasteiger partial charge in [-0.05, 0) is 26.7 Å². The monoisotopic (exact) mass is 251 g/mol. The van der Waals surface area contributed by atoms with Gasteiger partial charge < -0.3 is 10.3 Å². The van der Waals surface area contributed by atoms with Gasteiger partial charge in [0.2, 0.25) is 0 Å². The zero-order valence-electron chi connectivity index (χ0n) is 11.9. The quantitative estimate of drug-likeness (QED) is 0.575. The highest BCUT2D eigenvalue weighted by Gasteiger charge is 2.18. The van der Waals surface area contributed by atoms with Gasteiger partial charge >= 0.3 is 0 Å².